The number of methoxy groups -OCH3 is 1. The van der Waals surface area contributed by atoms with Crippen LogP contribution in [0.1, 0.15) is 10.4 Å². The highest BCUT2D eigenvalue weighted by Crippen LogP contribution is 2.33. The number of nitrogens with one attached hydrogen (secondary N) is 2. The van der Waals surface area contributed by atoms with Gasteiger partial charge in [0.2, 0.25) is 0 Å². The molecule has 0 aromatic heterocycles. The van der Waals surface area contributed by atoms with E-state index in [2.05, 4.69) is 10.6 Å². The van der Waals surface area contributed by atoms with Gasteiger partial charge in [-0.15, -0.1) is 0 Å². The molecule has 1 aliphatic rings. The Morgan fingerprint density at radius 3 is 2.38 bits per heavy atom. The number of para-hydroxylation sites is 2. The van der Waals surface area contributed by atoms with E-state index in [1.54, 1.807) is 42.5 Å². The average molecular weight is 517 g/mol. The van der Waals surface area contributed by atoms with Gasteiger partial charge in [0, 0.05) is 11.3 Å². The van der Waals surface area contributed by atoms with E-state index in [0.29, 0.717) is 22.7 Å². The normalized spacial score (nSPS) is 13.4. The average Bonchev–Trinajstić information content (AvgIpc) is 3.04. The van der Waals surface area contributed by atoms with E-state index in [1.165, 1.54) is 31.4 Å². The third-order valence-electron chi connectivity index (χ3n) is 4.94. The maximum absolute atomic E-state index is 13.0. The molecule has 7 nitrogen and oxygen atoms in total. The molecule has 0 unspecified atom stereocenters. The molecule has 10 heteroatoms. The van der Waals surface area contributed by atoms with Gasteiger partial charge in [0.1, 0.15) is 16.5 Å². The minimum absolute atomic E-state index is 0.125. The van der Waals surface area contributed by atoms with E-state index >= 15 is 0 Å². The number of hydrogen-bond acceptors (Lipinski definition) is 5. The number of carbonyl (C=O) groups is 3. The summed E-state index contributed by atoms with van der Waals surface area (Å²) in [6, 6.07) is 17.8. The summed E-state index contributed by atoms with van der Waals surface area (Å²) in [5.74, 6) is -1.26. The van der Waals surface area contributed by atoms with Crippen molar-refractivity contribution in [2.75, 3.05) is 22.6 Å². The number of benzene rings is 3. The molecule has 0 bridgehead atoms. The van der Waals surface area contributed by atoms with Crippen molar-refractivity contribution in [1.82, 2.24) is 0 Å². The van der Waals surface area contributed by atoms with Crippen LogP contribution in [0.5, 0.6) is 5.75 Å². The van der Waals surface area contributed by atoms with Gasteiger partial charge in [0.15, 0.2) is 0 Å². The summed E-state index contributed by atoms with van der Waals surface area (Å²) >= 11 is 18.1. The van der Waals surface area contributed by atoms with E-state index in [9.17, 15) is 14.4 Å². The number of halogens is 3. The number of imide groups is 1. The van der Waals surface area contributed by atoms with Crippen LogP contribution in [-0.2, 0) is 9.59 Å². The number of ether oxygens (including phenoxy) is 1. The van der Waals surface area contributed by atoms with Gasteiger partial charge in [-0.3, -0.25) is 14.4 Å². The highest BCUT2D eigenvalue weighted by molar-refractivity contribution is 6.53. The summed E-state index contributed by atoms with van der Waals surface area (Å²) in [6.45, 7) is 0. The van der Waals surface area contributed by atoms with E-state index in [1.807, 2.05) is 0 Å². The molecule has 1 heterocycles. The fourth-order valence-corrected chi connectivity index (χ4v) is 3.80. The molecule has 0 atom stereocenters. The van der Waals surface area contributed by atoms with Crippen LogP contribution in [0.4, 0.5) is 17.1 Å². The molecule has 0 aliphatic carbocycles. The lowest BCUT2D eigenvalue weighted by Crippen LogP contribution is -2.32. The van der Waals surface area contributed by atoms with E-state index in [4.69, 9.17) is 39.5 Å². The van der Waals surface area contributed by atoms with Crippen LogP contribution in [0.25, 0.3) is 0 Å². The van der Waals surface area contributed by atoms with Gasteiger partial charge in [0.05, 0.1) is 28.5 Å². The van der Waals surface area contributed by atoms with Crippen molar-refractivity contribution in [3.8, 4) is 5.75 Å². The minimum atomic E-state index is -0.711. The number of amides is 3. The predicted octanol–water partition coefficient (Wildman–Crippen LogP) is 5.69. The lowest BCUT2D eigenvalue weighted by molar-refractivity contribution is -0.120. The molecule has 0 radical (unpaired) electrons. The number of carbonyl (C=O) groups excluding carboxylic acids is 3. The Kier molecular flexibility index (Phi) is 6.79. The lowest BCUT2D eigenvalue weighted by Gasteiger charge is -2.16. The van der Waals surface area contributed by atoms with Crippen molar-refractivity contribution in [3.05, 3.63) is 93.1 Å². The first-order valence-electron chi connectivity index (χ1n) is 9.85. The molecule has 34 heavy (non-hydrogen) atoms. The number of hydrogen-bond donors (Lipinski definition) is 2. The maximum Gasteiger partial charge on any atom is 0.283 e. The second-order valence-corrected chi connectivity index (χ2v) is 8.29. The van der Waals surface area contributed by atoms with Crippen LogP contribution in [0.15, 0.2) is 77.5 Å². The topological polar surface area (TPSA) is 87.7 Å². The SMILES string of the molecule is COc1ccccc1NC(=O)c1cccc(NC2=C(Cl)C(=O)N(c3ccc(Cl)c(Cl)c3)C2=O)c1. The molecular formula is C24H16Cl3N3O4. The van der Waals surface area contributed by atoms with Gasteiger partial charge < -0.3 is 15.4 Å². The highest BCUT2D eigenvalue weighted by atomic mass is 35.5. The van der Waals surface area contributed by atoms with Gasteiger partial charge in [0.25, 0.3) is 17.7 Å². The summed E-state index contributed by atoms with van der Waals surface area (Å²) in [5.41, 5.74) is 1.31. The van der Waals surface area contributed by atoms with Crippen molar-refractivity contribution in [2.24, 2.45) is 0 Å². The number of rotatable bonds is 6. The van der Waals surface area contributed by atoms with E-state index in [-0.39, 0.29) is 32.4 Å². The smallest absolute Gasteiger partial charge is 0.283 e. The number of nitrogens with zero attached hydrogens (tertiary/aromatic N) is 1. The quantitative estimate of drug-likeness (QED) is 0.411. The Morgan fingerprint density at radius 1 is 0.882 bits per heavy atom. The zero-order valence-corrected chi connectivity index (χ0v) is 19.8. The minimum Gasteiger partial charge on any atom is -0.495 e. The number of anilines is 3. The standard InChI is InChI=1S/C24H16Cl3N3O4/c1-34-19-8-3-2-7-18(19)29-22(31)13-5-4-6-14(11-13)28-21-20(27)23(32)30(24(21)33)15-9-10-16(25)17(26)12-15/h2-12,28H,1H3,(H,29,31). The third-order valence-corrected chi connectivity index (χ3v) is 6.03. The van der Waals surface area contributed by atoms with Crippen molar-refractivity contribution in [2.45, 2.75) is 0 Å². The molecular weight excluding hydrogens is 501 g/mol. The van der Waals surface area contributed by atoms with E-state index < -0.39 is 11.8 Å². The first kappa shape index (κ1) is 23.6. The van der Waals surface area contributed by atoms with Crippen molar-refractivity contribution < 1.29 is 19.1 Å². The molecule has 2 N–H and O–H groups in total. The molecule has 1 aliphatic heterocycles. The zero-order valence-electron chi connectivity index (χ0n) is 17.6. The van der Waals surface area contributed by atoms with Crippen LogP contribution in [0.2, 0.25) is 10.0 Å². The first-order valence-corrected chi connectivity index (χ1v) is 11.0. The second kappa shape index (κ2) is 9.77. The summed E-state index contributed by atoms with van der Waals surface area (Å²) in [7, 11) is 1.51. The second-order valence-electron chi connectivity index (χ2n) is 7.09. The molecule has 0 fully saturated rings. The van der Waals surface area contributed by atoms with Gasteiger partial charge in [-0.25, -0.2) is 4.90 Å². The largest absolute Gasteiger partial charge is 0.495 e. The van der Waals surface area contributed by atoms with Gasteiger partial charge in [-0.2, -0.15) is 0 Å². The highest BCUT2D eigenvalue weighted by Gasteiger charge is 2.39. The Labute approximate surface area is 209 Å². The van der Waals surface area contributed by atoms with Crippen LogP contribution in [0, 0.1) is 0 Å². The summed E-state index contributed by atoms with van der Waals surface area (Å²) in [5, 5.41) is 5.81. The summed E-state index contributed by atoms with van der Waals surface area (Å²) < 4.78 is 5.25. The maximum atomic E-state index is 13.0. The Balaban J connectivity index is 1.55. The molecule has 172 valence electrons. The van der Waals surface area contributed by atoms with Gasteiger partial charge >= 0.3 is 0 Å². The molecule has 4 rings (SSSR count). The molecule has 3 aromatic carbocycles. The Hall–Kier alpha value is -3.52. The fraction of sp³-hybridized carbons (Fsp3) is 0.0417. The van der Waals surface area contributed by atoms with Crippen molar-refractivity contribution in [1.29, 1.82) is 0 Å². The monoisotopic (exact) mass is 515 g/mol. The van der Waals surface area contributed by atoms with Gasteiger partial charge in [-0.05, 0) is 48.5 Å². The molecule has 0 saturated heterocycles. The molecule has 0 spiro atoms. The molecule has 3 amide bonds. The van der Waals surface area contributed by atoms with Crippen LogP contribution >= 0.6 is 34.8 Å². The lowest BCUT2D eigenvalue weighted by atomic mass is 10.1. The fourth-order valence-electron chi connectivity index (χ4n) is 3.29. The van der Waals surface area contributed by atoms with Crippen LogP contribution < -0.4 is 20.3 Å². The van der Waals surface area contributed by atoms with Gasteiger partial charge in [-0.1, -0.05) is 53.0 Å². The molecule has 3 aromatic rings. The summed E-state index contributed by atoms with van der Waals surface area (Å²) in [4.78, 5) is 39.3. The predicted molar refractivity (Wildman–Crippen MR) is 133 cm³/mol. The van der Waals surface area contributed by atoms with E-state index in [0.717, 1.165) is 4.90 Å². The zero-order chi connectivity index (χ0) is 24.4. The Morgan fingerprint density at radius 2 is 1.65 bits per heavy atom. The Bertz CT molecular complexity index is 1360. The molecule has 0 saturated carbocycles. The van der Waals surface area contributed by atoms with Crippen LogP contribution in [0.3, 0.4) is 0 Å². The van der Waals surface area contributed by atoms with Crippen molar-refractivity contribution in [3.63, 3.8) is 0 Å². The first-order chi connectivity index (χ1) is 16.3. The summed E-state index contributed by atoms with van der Waals surface area (Å²) in [6.07, 6.45) is 0. The third kappa shape index (κ3) is 4.59. The van der Waals surface area contributed by atoms with Crippen molar-refractivity contribution >= 4 is 69.6 Å². The van der Waals surface area contributed by atoms with Crippen LogP contribution in [-0.4, -0.2) is 24.8 Å².